The van der Waals surface area contributed by atoms with E-state index in [-0.39, 0.29) is 69.8 Å². The minimum Gasteiger partial charge on any atom is -0.508 e. The number of nitrogens with zero attached hydrogens (tertiary/aromatic N) is 1. The molecule has 44 heavy (non-hydrogen) atoms. The van der Waals surface area contributed by atoms with Gasteiger partial charge in [-0.1, -0.05) is 47.7 Å². The molecule has 4 aromatic rings. The number of H-pyrrole nitrogens is 1. The van der Waals surface area contributed by atoms with Gasteiger partial charge in [0.25, 0.3) is 5.91 Å². The van der Waals surface area contributed by atoms with E-state index in [1.807, 2.05) is 42.5 Å². The lowest BCUT2D eigenvalue weighted by molar-refractivity contribution is -0.123. The molecule has 11 heteroatoms. The number of benzene rings is 3. The number of hydrogen-bond donors (Lipinski definition) is 3. The van der Waals surface area contributed by atoms with Crippen LogP contribution < -0.4 is 19.8 Å². The summed E-state index contributed by atoms with van der Waals surface area (Å²) in [5.74, 6) is -0.999. The number of thiazole rings is 1. The number of aromatic nitrogens is 1. The minimum absolute atomic E-state index is 0.00764. The van der Waals surface area contributed by atoms with E-state index in [2.05, 4.69) is 10.3 Å². The van der Waals surface area contributed by atoms with Crippen molar-refractivity contribution in [2.75, 3.05) is 16.8 Å². The number of imide groups is 1. The quantitative estimate of drug-likeness (QED) is 0.207. The molecule has 2 aliphatic carbocycles. The van der Waals surface area contributed by atoms with E-state index >= 15 is 0 Å². The molecule has 3 amide bonds. The summed E-state index contributed by atoms with van der Waals surface area (Å²) in [5.41, 5.74) is 2.00. The number of rotatable bonds is 6. The van der Waals surface area contributed by atoms with E-state index in [1.54, 1.807) is 36.0 Å². The number of phenolic OH excluding ortho intramolecular Hbond substituents is 1. The highest BCUT2D eigenvalue weighted by Gasteiger charge is 2.69. The van der Waals surface area contributed by atoms with Crippen molar-refractivity contribution >= 4 is 52.2 Å². The summed E-state index contributed by atoms with van der Waals surface area (Å²) >= 11 is 2.82. The lowest BCUT2D eigenvalue weighted by Crippen LogP contribution is -2.42. The number of amides is 3. The molecule has 9 nitrogen and oxygen atoms in total. The molecule has 1 saturated heterocycles. The molecule has 8 rings (SSSR count). The first-order valence-electron chi connectivity index (χ1n) is 14.5. The third kappa shape index (κ3) is 4.21. The van der Waals surface area contributed by atoms with Crippen molar-refractivity contribution in [1.29, 1.82) is 0 Å². The number of nitrogens with one attached hydrogen (secondary N) is 2. The number of aromatic hydroxyl groups is 1. The van der Waals surface area contributed by atoms with Crippen LogP contribution >= 0.6 is 23.1 Å². The average Bonchev–Trinajstić information content (AvgIpc) is 3.76. The van der Waals surface area contributed by atoms with Gasteiger partial charge in [-0.15, -0.1) is 11.8 Å². The Kier molecular flexibility index (Phi) is 6.42. The van der Waals surface area contributed by atoms with E-state index in [4.69, 9.17) is 4.74 Å². The number of anilines is 2. The van der Waals surface area contributed by atoms with E-state index in [0.29, 0.717) is 17.1 Å². The van der Waals surface area contributed by atoms with E-state index in [0.717, 1.165) is 21.9 Å². The summed E-state index contributed by atoms with van der Waals surface area (Å²) in [4.78, 5) is 58.3. The molecule has 3 N–H and O–H groups in total. The number of ether oxygens (including phenoxy) is 1. The van der Waals surface area contributed by atoms with Crippen molar-refractivity contribution < 1.29 is 24.2 Å². The largest absolute Gasteiger partial charge is 0.508 e. The number of thioether (sulfide) groups is 1. The lowest BCUT2D eigenvalue weighted by atomic mass is 9.68. The highest BCUT2D eigenvalue weighted by atomic mass is 32.2. The van der Waals surface area contributed by atoms with Crippen LogP contribution in [0.25, 0.3) is 0 Å². The van der Waals surface area contributed by atoms with Crippen molar-refractivity contribution in [1.82, 2.24) is 4.98 Å². The zero-order valence-corrected chi connectivity index (χ0v) is 24.8. The first-order chi connectivity index (χ1) is 21.4. The summed E-state index contributed by atoms with van der Waals surface area (Å²) in [6.45, 7) is -0.237. The molecule has 4 aliphatic rings. The molecule has 3 heterocycles. The summed E-state index contributed by atoms with van der Waals surface area (Å²) < 4.78 is 6.12. The first kappa shape index (κ1) is 27.2. The number of para-hydroxylation sites is 2. The zero-order chi connectivity index (χ0) is 30.1. The second kappa shape index (κ2) is 10.4. The van der Waals surface area contributed by atoms with Gasteiger partial charge < -0.3 is 20.1 Å². The number of aromatic amines is 1. The van der Waals surface area contributed by atoms with Gasteiger partial charge in [-0.25, -0.2) is 0 Å². The Morgan fingerprint density at radius 2 is 1.64 bits per heavy atom. The third-order valence-corrected chi connectivity index (χ3v) is 12.1. The molecule has 2 bridgehead atoms. The second-order valence-corrected chi connectivity index (χ2v) is 13.9. The number of fused-ring (bicyclic) bond motifs is 9. The van der Waals surface area contributed by atoms with E-state index in [1.165, 1.54) is 28.4 Å². The van der Waals surface area contributed by atoms with Crippen LogP contribution in [0.3, 0.4) is 0 Å². The zero-order valence-electron chi connectivity index (χ0n) is 23.2. The van der Waals surface area contributed by atoms with Crippen LogP contribution in [0.1, 0.15) is 22.8 Å². The minimum atomic E-state index is -0.404. The third-order valence-electron chi connectivity index (χ3n) is 9.50. The van der Waals surface area contributed by atoms with Crippen LogP contribution in [-0.4, -0.2) is 39.7 Å². The molecule has 0 unspecified atom stereocenters. The van der Waals surface area contributed by atoms with Crippen molar-refractivity contribution in [2.24, 2.45) is 29.6 Å². The fraction of sp³-hybridized carbons (Fsp3) is 0.273. The van der Waals surface area contributed by atoms with Gasteiger partial charge in [-0.2, -0.15) is 0 Å². The molecule has 3 aromatic carbocycles. The maximum Gasteiger partial charge on any atom is 0.305 e. The molecule has 2 saturated carbocycles. The number of carbonyl (C=O) groups is 3. The molecule has 3 fully saturated rings. The monoisotopic (exact) mass is 625 g/mol. The van der Waals surface area contributed by atoms with E-state index < -0.39 is 5.92 Å². The standard InChI is InChI=1S/C33H27N3O6S2/c37-18-12-10-16(11-13-18)34-23(38)15-42-22-9-5-4-8-19(22)24-25-20-14-21(28(25)43-30-29(24)44-33(41)35-30)27-26(20)31(39)36(32(27)40)17-6-2-1-3-7-17/h1-13,20-21,24-28,37H,14-15H2,(H,34,38)(H,35,41)/t20-,21-,24+,25-,26+,27+,28-/m1/s1. The maximum atomic E-state index is 13.9. The molecule has 0 spiro atoms. The number of hydrogen-bond acceptors (Lipinski definition) is 8. The Morgan fingerprint density at radius 1 is 0.932 bits per heavy atom. The SMILES string of the molecule is O=C(COc1ccccc1[C@@H]1c2sc(=O)[nH]c2S[C@@H]2[C@@H]3C[C@@H]([C@@H]4C(=O)N(c5ccccc5)C(=O)[C@@H]34)[C@H]12)Nc1ccc(O)cc1. The van der Waals surface area contributed by atoms with Gasteiger partial charge in [0, 0.05) is 27.3 Å². The highest BCUT2D eigenvalue weighted by molar-refractivity contribution is 8.00. The Balaban J connectivity index is 1.12. The summed E-state index contributed by atoms with van der Waals surface area (Å²) in [6, 6.07) is 22.9. The first-order valence-corrected chi connectivity index (χ1v) is 16.2. The molecular weight excluding hydrogens is 599 g/mol. The van der Waals surface area contributed by atoms with Crippen LogP contribution in [-0.2, 0) is 14.4 Å². The molecule has 2 aliphatic heterocycles. The van der Waals surface area contributed by atoms with Gasteiger partial charge in [-0.3, -0.25) is 24.1 Å². The molecule has 1 aromatic heterocycles. The molecular formula is C33H27N3O6S2. The van der Waals surface area contributed by atoms with Crippen LogP contribution in [0.15, 0.2) is 88.7 Å². The molecule has 0 radical (unpaired) electrons. The highest BCUT2D eigenvalue weighted by Crippen LogP contribution is 2.69. The Hall–Kier alpha value is -4.35. The Labute approximate surface area is 260 Å². The fourth-order valence-electron chi connectivity index (χ4n) is 7.95. The Morgan fingerprint density at radius 3 is 2.41 bits per heavy atom. The number of phenols is 1. The fourth-order valence-corrected chi connectivity index (χ4v) is 10.8. The lowest BCUT2D eigenvalue weighted by Gasteiger charge is -2.43. The van der Waals surface area contributed by atoms with Crippen LogP contribution in [0, 0.1) is 29.6 Å². The summed E-state index contributed by atoms with van der Waals surface area (Å²) in [5, 5.41) is 13.1. The van der Waals surface area contributed by atoms with Crippen LogP contribution in [0.4, 0.5) is 11.4 Å². The van der Waals surface area contributed by atoms with Crippen LogP contribution in [0.5, 0.6) is 11.5 Å². The van der Waals surface area contributed by atoms with Gasteiger partial charge in [0.05, 0.1) is 22.5 Å². The van der Waals surface area contributed by atoms with Gasteiger partial charge in [-0.05, 0) is 66.6 Å². The molecule has 222 valence electrons. The van der Waals surface area contributed by atoms with Crippen molar-refractivity contribution in [3.05, 3.63) is 99.0 Å². The van der Waals surface area contributed by atoms with Crippen molar-refractivity contribution in [2.45, 2.75) is 22.6 Å². The summed E-state index contributed by atoms with van der Waals surface area (Å²) in [7, 11) is 0. The van der Waals surface area contributed by atoms with Gasteiger partial charge >= 0.3 is 4.87 Å². The average molecular weight is 626 g/mol. The van der Waals surface area contributed by atoms with Crippen LogP contribution in [0.2, 0.25) is 0 Å². The second-order valence-electron chi connectivity index (χ2n) is 11.7. The topological polar surface area (TPSA) is 129 Å². The van der Waals surface area contributed by atoms with Gasteiger partial charge in [0.2, 0.25) is 11.8 Å². The smallest absolute Gasteiger partial charge is 0.305 e. The van der Waals surface area contributed by atoms with Gasteiger partial charge in [0.15, 0.2) is 6.61 Å². The Bertz CT molecular complexity index is 1850. The predicted octanol–water partition coefficient (Wildman–Crippen LogP) is 4.84. The van der Waals surface area contributed by atoms with Crippen molar-refractivity contribution in [3.63, 3.8) is 0 Å². The maximum absolute atomic E-state index is 13.9. The predicted molar refractivity (Wildman–Crippen MR) is 166 cm³/mol. The summed E-state index contributed by atoms with van der Waals surface area (Å²) in [6.07, 6.45) is 0.783. The normalized spacial score (nSPS) is 28.0. The molecule has 7 atom stereocenters. The number of carbonyl (C=O) groups excluding carboxylic acids is 3. The van der Waals surface area contributed by atoms with E-state index in [9.17, 15) is 24.3 Å². The van der Waals surface area contributed by atoms with Gasteiger partial charge in [0.1, 0.15) is 11.5 Å². The van der Waals surface area contributed by atoms with Crippen molar-refractivity contribution in [3.8, 4) is 11.5 Å².